The maximum atomic E-state index is 11.9. The van der Waals surface area contributed by atoms with E-state index in [2.05, 4.69) is 33.2 Å². The van der Waals surface area contributed by atoms with Crippen LogP contribution in [0.25, 0.3) is 0 Å². The maximum absolute atomic E-state index is 11.9. The Morgan fingerprint density at radius 1 is 1.29 bits per heavy atom. The van der Waals surface area contributed by atoms with Gasteiger partial charge in [0.15, 0.2) is 0 Å². The monoisotopic (exact) mass is 416 g/mol. The van der Waals surface area contributed by atoms with Gasteiger partial charge in [0.05, 0.1) is 13.7 Å². The quantitative estimate of drug-likeness (QED) is 0.724. The van der Waals surface area contributed by atoms with E-state index < -0.39 is 0 Å². The lowest BCUT2D eigenvalue weighted by Crippen LogP contribution is -2.22. The smallest absolute Gasteiger partial charge is 0.243 e. The lowest BCUT2D eigenvalue weighted by molar-refractivity contribution is -0.114. The first-order valence-corrected chi connectivity index (χ1v) is 7.67. The Balaban J connectivity index is 1.92. The van der Waals surface area contributed by atoms with Gasteiger partial charge in [0.1, 0.15) is 5.75 Å². The molecular weight excluding hydrogens is 403 g/mol. The molecule has 0 aliphatic carbocycles. The van der Waals surface area contributed by atoms with Crippen molar-refractivity contribution in [1.29, 1.82) is 0 Å². The molecule has 0 aromatic heterocycles. The van der Waals surface area contributed by atoms with Crippen molar-refractivity contribution in [2.75, 3.05) is 24.3 Å². The number of nitrogens with one attached hydrogen (secondary N) is 2. The van der Waals surface area contributed by atoms with E-state index in [0.29, 0.717) is 16.5 Å². The Kier molecular flexibility index (Phi) is 5.69. The average Bonchev–Trinajstić information content (AvgIpc) is 2.46. The zero-order valence-electron chi connectivity index (χ0n) is 11.3. The van der Waals surface area contributed by atoms with E-state index in [4.69, 9.17) is 16.3 Å². The van der Waals surface area contributed by atoms with Gasteiger partial charge in [0.2, 0.25) is 5.91 Å². The highest BCUT2D eigenvalue weighted by Crippen LogP contribution is 2.22. The Morgan fingerprint density at radius 2 is 2.10 bits per heavy atom. The fraction of sp³-hybridized carbons (Fsp3) is 0.133. The second kappa shape index (κ2) is 7.51. The second-order valence-corrected chi connectivity index (χ2v) is 5.86. The highest BCUT2D eigenvalue weighted by molar-refractivity contribution is 14.1. The molecule has 0 heterocycles. The summed E-state index contributed by atoms with van der Waals surface area (Å²) >= 11 is 8.06. The van der Waals surface area contributed by atoms with Gasteiger partial charge in [-0.2, -0.15) is 0 Å². The van der Waals surface area contributed by atoms with Crippen molar-refractivity contribution in [2.24, 2.45) is 0 Å². The number of ether oxygens (including phenoxy) is 1. The molecule has 2 aromatic carbocycles. The van der Waals surface area contributed by atoms with Crippen LogP contribution in [0.2, 0.25) is 5.02 Å². The summed E-state index contributed by atoms with van der Waals surface area (Å²) in [5, 5.41) is 6.56. The molecule has 0 saturated carbocycles. The number of methoxy groups -OCH3 is 1. The van der Waals surface area contributed by atoms with Crippen LogP contribution in [0.3, 0.4) is 0 Å². The molecule has 0 aliphatic rings. The van der Waals surface area contributed by atoms with Crippen LogP contribution in [0.4, 0.5) is 11.4 Å². The Hall–Kier alpha value is -1.47. The van der Waals surface area contributed by atoms with Crippen molar-refractivity contribution in [1.82, 2.24) is 0 Å². The molecule has 0 radical (unpaired) electrons. The molecule has 110 valence electrons. The number of rotatable bonds is 5. The molecule has 0 spiro atoms. The van der Waals surface area contributed by atoms with E-state index in [1.807, 2.05) is 30.3 Å². The molecule has 0 aliphatic heterocycles. The molecule has 0 unspecified atom stereocenters. The van der Waals surface area contributed by atoms with Crippen LogP contribution in [-0.2, 0) is 4.79 Å². The Bertz CT molecular complexity index is 649. The summed E-state index contributed by atoms with van der Waals surface area (Å²) in [6.45, 7) is 0.175. The summed E-state index contributed by atoms with van der Waals surface area (Å²) in [4.78, 5) is 11.9. The third-order valence-electron chi connectivity index (χ3n) is 2.72. The highest BCUT2D eigenvalue weighted by Gasteiger charge is 2.05. The van der Waals surface area contributed by atoms with Crippen LogP contribution in [0.1, 0.15) is 0 Å². The van der Waals surface area contributed by atoms with Crippen LogP contribution in [0.15, 0.2) is 42.5 Å². The van der Waals surface area contributed by atoms with Gasteiger partial charge < -0.3 is 15.4 Å². The van der Waals surface area contributed by atoms with Crippen LogP contribution >= 0.6 is 34.2 Å². The van der Waals surface area contributed by atoms with Gasteiger partial charge >= 0.3 is 0 Å². The minimum absolute atomic E-state index is 0.131. The standard InChI is InChI=1S/C15H14ClIN2O2/c1-21-12-4-2-3-11(8-12)19-15(20)9-18-14-6-5-10(16)7-13(14)17/h2-8,18H,9H2,1H3,(H,19,20). The molecule has 1 amide bonds. The third-order valence-corrected chi connectivity index (χ3v) is 3.85. The molecule has 2 aromatic rings. The summed E-state index contributed by atoms with van der Waals surface area (Å²) in [6.07, 6.45) is 0. The van der Waals surface area contributed by atoms with Crippen molar-refractivity contribution in [2.45, 2.75) is 0 Å². The minimum Gasteiger partial charge on any atom is -0.497 e. The summed E-state index contributed by atoms with van der Waals surface area (Å²) in [5.74, 6) is 0.571. The van der Waals surface area contributed by atoms with E-state index in [9.17, 15) is 4.79 Å². The third kappa shape index (κ3) is 4.78. The van der Waals surface area contributed by atoms with Crippen molar-refractivity contribution >= 4 is 51.5 Å². The predicted octanol–water partition coefficient (Wildman–Crippen LogP) is 4.00. The van der Waals surface area contributed by atoms with Crippen molar-refractivity contribution < 1.29 is 9.53 Å². The zero-order valence-corrected chi connectivity index (χ0v) is 14.2. The summed E-state index contributed by atoms with van der Waals surface area (Å²) in [5.41, 5.74) is 1.58. The molecule has 0 fully saturated rings. The van der Waals surface area contributed by atoms with Crippen molar-refractivity contribution in [3.05, 3.63) is 51.1 Å². The number of carbonyl (C=O) groups is 1. The molecule has 2 rings (SSSR count). The van der Waals surface area contributed by atoms with Gasteiger partial charge in [-0.1, -0.05) is 17.7 Å². The average molecular weight is 417 g/mol. The Morgan fingerprint density at radius 3 is 2.81 bits per heavy atom. The second-order valence-electron chi connectivity index (χ2n) is 4.26. The van der Waals surface area contributed by atoms with Gasteiger partial charge in [-0.15, -0.1) is 0 Å². The Labute approximate surface area is 142 Å². The SMILES string of the molecule is COc1cccc(NC(=O)CNc2ccc(Cl)cc2I)c1. The highest BCUT2D eigenvalue weighted by atomic mass is 127. The molecule has 0 atom stereocenters. The maximum Gasteiger partial charge on any atom is 0.243 e. The first kappa shape index (κ1) is 15.9. The number of hydrogen-bond donors (Lipinski definition) is 2. The molecule has 21 heavy (non-hydrogen) atoms. The van der Waals surface area contributed by atoms with Crippen LogP contribution in [0, 0.1) is 3.57 Å². The molecule has 4 nitrogen and oxygen atoms in total. The first-order valence-electron chi connectivity index (χ1n) is 6.21. The van der Waals surface area contributed by atoms with Crippen LogP contribution in [-0.4, -0.2) is 19.6 Å². The first-order chi connectivity index (χ1) is 10.1. The molecule has 0 saturated heterocycles. The lowest BCUT2D eigenvalue weighted by Gasteiger charge is -2.10. The molecule has 0 bridgehead atoms. The molecule has 6 heteroatoms. The van der Waals surface area contributed by atoms with E-state index in [-0.39, 0.29) is 12.5 Å². The predicted molar refractivity (Wildman–Crippen MR) is 94.3 cm³/mol. The number of carbonyl (C=O) groups excluding carboxylic acids is 1. The summed E-state index contributed by atoms with van der Waals surface area (Å²) in [7, 11) is 1.59. The normalized spacial score (nSPS) is 10.0. The van der Waals surface area contributed by atoms with Crippen molar-refractivity contribution in [3.63, 3.8) is 0 Å². The molecular formula is C15H14ClIN2O2. The number of amides is 1. The van der Waals surface area contributed by atoms with E-state index in [1.165, 1.54) is 0 Å². The molecule has 2 N–H and O–H groups in total. The topological polar surface area (TPSA) is 50.4 Å². The van der Waals surface area contributed by atoms with E-state index >= 15 is 0 Å². The number of hydrogen-bond acceptors (Lipinski definition) is 3. The van der Waals surface area contributed by atoms with Gasteiger partial charge in [-0.05, 0) is 52.9 Å². The number of halogens is 2. The van der Waals surface area contributed by atoms with E-state index in [0.717, 1.165) is 9.26 Å². The number of anilines is 2. The number of benzene rings is 2. The van der Waals surface area contributed by atoms with Crippen molar-refractivity contribution in [3.8, 4) is 5.75 Å². The zero-order chi connectivity index (χ0) is 15.2. The fourth-order valence-electron chi connectivity index (χ4n) is 1.71. The fourth-order valence-corrected chi connectivity index (χ4v) is 2.78. The van der Waals surface area contributed by atoms with Gasteiger partial charge in [0.25, 0.3) is 0 Å². The largest absolute Gasteiger partial charge is 0.497 e. The van der Waals surface area contributed by atoms with Gasteiger partial charge in [0, 0.05) is 26.0 Å². The lowest BCUT2D eigenvalue weighted by atomic mass is 10.3. The van der Waals surface area contributed by atoms with Gasteiger partial charge in [-0.3, -0.25) is 4.79 Å². The van der Waals surface area contributed by atoms with Gasteiger partial charge in [-0.25, -0.2) is 0 Å². The van der Waals surface area contributed by atoms with E-state index in [1.54, 1.807) is 19.2 Å². The van der Waals surface area contributed by atoms with Crippen LogP contribution < -0.4 is 15.4 Å². The summed E-state index contributed by atoms with van der Waals surface area (Å²) < 4.78 is 6.08. The van der Waals surface area contributed by atoms with Crippen LogP contribution in [0.5, 0.6) is 5.75 Å². The minimum atomic E-state index is -0.131. The summed E-state index contributed by atoms with van der Waals surface area (Å²) in [6, 6.07) is 12.7.